The van der Waals surface area contributed by atoms with Crippen molar-refractivity contribution in [3.63, 3.8) is 0 Å². The first kappa shape index (κ1) is 14.9. The lowest BCUT2D eigenvalue weighted by Gasteiger charge is -2.33. The van der Waals surface area contributed by atoms with Crippen molar-refractivity contribution >= 4 is 21.6 Å². The molecule has 1 aromatic rings. The molecule has 1 unspecified atom stereocenters. The van der Waals surface area contributed by atoms with Gasteiger partial charge in [-0.1, -0.05) is 6.42 Å². The van der Waals surface area contributed by atoms with Gasteiger partial charge in [0.25, 0.3) is 0 Å². The van der Waals surface area contributed by atoms with Crippen LogP contribution in [0.2, 0.25) is 0 Å². The number of hydrogen-bond donors (Lipinski definition) is 0. The maximum atomic E-state index is 12.8. The monoisotopic (exact) mass is 331 g/mol. The Labute approximate surface area is 129 Å². The molecule has 21 heavy (non-hydrogen) atoms. The summed E-state index contributed by atoms with van der Waals surface area (Å²) in [4.78, 5) is 0.240. The van der Waals surface area contributed by atoms with Gasteiger partial charge in [-0.3, -0.25) is 0 Å². The maximum absolute atomic E-state index is 12.8. The second-order valence-electron chi connectivity index (χ2n) is 5.23. The van der Waals surface area contributed by atoms with Gasteiger partial charge in [0.15, 0.2) is 11.5 Å². The summed E-state index contributed by atoms with van der Waals surface area (Å²) in [7, 11) is -3.54. The van der Waals surface area contributed by atoms with Crippen LogP contribution < -0.4 is 9.47 Å². The third-order valence-electron chi connectivity index (χ3n) is 3.87. The summed E-state index contributed by atoms with van der Waals surface area (Å²) in [5, 5.41) is 0. The highest BCUT2D eigenvalue weighted by atomic mass is 35.5. The summed E-state index contributed by atoms with van der Waals surface area (Å²) in [5.74, 6) is 1.40. The van der Waals surface area contributed by atoms with Gasteiger partial charge in [-0.05, 0) is 25.0 Å². The highest BCUT2D eigenvalue weighted by molar-refractivity contribution is 7.89. The van der Waals surface area contributed by atoms with E-state index in [2.05, 4.69) is 0 Å². The van der Waals surface area contributed by atoms with Crippen molar-refractivity contribution in [1.82, 2.24) is 4.31 Å². The zero-order valence-corrected chi connectivity index (χ0v) is 13.2. The van der Waals surface area contributed by atoms with Crippen LogP contribution in [0, 0.1) is 0 Å². The largest absolute Gasteiger partial charge is 0.486 e. The summed E-state index contributed by atoms with van der Waals surface area (Å²) in [6.07, 6.45) is 2.70. The Morgan fingerprint density at radius 2 is 1.95 bits per heavy atom. The number of piperidine rings is 1. The van der Waals surface area contributed by atoms with Crippen LogP contribution in [0.1, 0.15) is 19.3 Å². The van der Waals surface area contributed by atoms with E-state index >= 15 is 0 Å². The zero-order chi connectivity index (χ0) is 14.9. The van der Waals surface area contributed by atoms with Crippen molar-refractivity contribution in [1.29, 1.82) is 0 Å². The molecule has 0 amide bonds. The number of rotatable bonds is 3. The van der Waals surface area contributed by atoms with Crippen LogP contribution in [-0.4, -0.2) is 44.4 Å². The molecule has 0 aliphatic carbocycles. The number of hydrogen-bond acceptors (Lipinski definition) is 4. The lowest BCUT2D eigenvalue weighted by molar-refractivity contribution is 0.171. The van der Waals surface area contributed by atoms with Crippen molar-refractivity contribution in [2.45, 2.75) is 30.2 Å². The first-order chi connectivity index (χ1) is 10.1. The Kier molecular flexibility index (Phi) is 4.28. The minimum atomic E-state index is -3.54. The number of nitrogens with zero attached hydrogens (tertiary/aromatic N) is 1. The van der Waals surface area contributed by atoms with Crippen LogP contribution in [-0.2, 0) is 10.0 Å². The zero-order valence-electron chi connectivity index (χ0n) is 11.6. The van der Waals surface area contributed by atoms with Gasteiger partial charge in [0, 0.05) is 24.5 Å². The van der Waals surface area contributed by atoms with Crippen LogP contribution in [0.25, 0.3) is 0 Å². The molecular weight excluding hydrogens is 314 g/mol. The number of halogens is 1. The van der Waals surface area contributed by atoms with Gasteiger partial charge in [-0.2, -0.15) is 4.31 Å². The smallest absolute Gasteiger partial charge is 0.243 e. The van der Waals surface area contributed by atoms with E-state index in [0.717, 1.165) is 19.3 Å². The molecule has 2 aliphatic rings. The number of ether oxygens (including phenoxy) is 2. The molecule has 5 nitrogen and oxygen atoms in total. The van der Waals surface area contributed by atoms with Gasteiger partial charge < -0.3 is 9.47 Å². The average molecular weight is 332 g/mol. The van der Waals surface area contributed by atoms with Gasteiger partial charge in [-0.15, -0.1) is 11.6 Å². The second kappa shape index (κ2) is 6.02. The molecule has 1 atom stereocenters. The van der Waals surface area contributed by atoms with Crippen molar-refractivity contribution in [3.05, 3.63) is 18.2 Å². The van der Waals surface area contributed by atoms with Crippen LogP contribution in [0.4, 0.5) is 0 Å². The third-order valence-corrected chi connectivity index (χ3v) is 6.18. The lowest BCUT2D eigenvalue weighted by atomic mass is 10.1. The summed E-state index contributed by atoms with van der Waals surface area (Å²) in [6, 6.07) is 4.65. The van der Waals surface area contributed by atoms with Gasteiger partial charge in [0.05, 0.1) is 4.90 Å². The van der Waals surface area contributed by atoms with Crippen LogP contribution in [0.15, 0.2) is 23.1 Å². The van der Waals surface area contributed by atoms with Crippen molar-refractivity contribution < 1.29 is 17.9 Å². The molecule has 1 fully saturated rings. The van der Waals surface area contributed by atoms with Crippen LogP contribution in [0.3, 0.4) is 0 Å². The average Bonchev–Trinajstić information content (AvgIpc) is 2.54. The Hall–Kier alpha value is -0.980. The molecule has 1 saturated heterocycles. The van der Waals surface area contributed by atoms with E-state index < -0.39 is 10.0 Å². The summed E-state index contributed by atoms with van der Waals surface area (Å²) in [6.45, 7) is 1.44. The lowest BCUT2D eigenvalue weighted by Crippen LogP contribution is -2.44. The molecule has 0 spiro atoms. The third kappa shape index (κ3) is 2.84. The number of fused-ring (bicyclic) bond motifs is 1. The van der Waals surface area contributed by atoms with Crippen molar-refractivity contribution in [2.75, 3.05) is 25.6 Å². The Morgan fingerprint density at radius 1 is 1.19 bits per heavy atom. The molecular formula is C14H18ClNO4S. The molecule has 2 aliphatic heterocycles. The predicted molar refractivity (Wildman–Crippen MR) is 79.7 cm³/mol. The van der Waals surface area contributed by atoms with E-state index in [4.69, 9.17) is 21.1 Å². The van der Waals surface area contributed by atoms with Gasteiger partial charge >= 0.3 is 0 Å². The predicted octanol–water partition coefficient (Wildman–Crippen LogP) is 2.24. The molecule has 3 rings (SSSR count). The van der Waals surface area contributed by atoms with E-state index in [0.29, 0.717) is 37.1 Å². The van der Waals surface area contributed by atoms with Gasteiger partial charge in [0.1, 0.15) is 13.2 Å². The first-order valence-corrected chi connectivity index (χ1v) is 9.08. The molecule has 2 heterocycles. The molecule has 0 saturated carbocycles. The molecule has 1 aromatic carbocycles. The topological polar surface area (TPSA) is 55.8 Å². The van der Waals surface area contributed by atoms with E-state index in [1.54, 1.807) is 18.2 Å². The van der Waals surface area contributed by atoms with E-state index in [9.17, 15) is 8.42 Å². The highest BCUT2D eigenvalue weighted by Crippen LogP contribution is 2.34. The van der Waals surface area contributed by atoms with E-state index in [1.807, 2.05) is 0 Å². The summed E-state index contributed by atoms with van der Waals surface area (Å²) in [5.41, 5.74) is 0. The van der Waals surface area contributed by atoms with Crippen molar-refractivity contribution in [3.8, 4) is 11.5 Å². The molecule has 116 valence electrons. The molecule has 0 radical (unpaired) electrons. The minimum absolute atomic E-state index is 0.126. The highest BCUT2D eigenvalue weighted by Gasteiger charge is 2.33. The quantitative estimate of drug-likeness (QED) is 0.797. The molecule has 0 N–H and O–H groups in total. The fourth-order valence-electron chi connectivity index (χ4n) is 2.76. The Bertz CT molecular complexity index is 619. The van der Waals surface area contributed by atoms with E-state index in [1.165, 1.54) is 4.31 Å². The van der Waals surface area contributed by atoms with Crippen LogP contribution >= 0.6 is 11.6 Å². The molecule has 0 bridgehead atoms. The van der Waals surface area contributed by atoms with Gasteiger partial charge in [0.2, 0.25) is 10.0 Å². The minimum Gasteiger partial charge on any atom is -0.486 e. The van der Waals surface area contributed by atoms with Crippen molar-refractivity contribution in [2.24, 2.45) is 0 Å². The number of benzene rings is 1. The molecule has 7 heteroatoms. The first-order valence-electron chi connectivity index (χ1n) is 7.10. The van der Waals surface area contributed by atoms with E-state index in [-0.39, 0.29) is 10.9 Å². The second-order valence-corrected chi connectivity index (χ2v) is 7.42. The number of alkyl halides is 1. The summed E-state index contributed by atoms with van der Waals surface area (Å²) < 4.78 is 38.0. The normalized spacial score (nSPS) is 23.0. The number of sulfonamides is 1. The maximum Gasteiger partial charge on any atom is 0.243 e. The Balaban J connectivity index is 1.94. The van der Waals surface area contributed by atoms with Crippen LogP contribution in [0.5, 0.6) is 11.5 Å². The van der Waals surface area contributed by atoms with Gasteiger partial charge in [-0.25, -0.2) is 8.42 Å². The summed E-state index contributed by atoms with van der Waals surface area (Å²) >= 11 is 5.93. The fraction of sp³-hybridized carbons (Fsp3) is 0.571. The fourth-order valence-corrected chi connectivity index (χ4v) is 4.88. The Morgan fingerprint density at radius 3 is 2.71 bits per heavy atom. The molecule has 0 aromatic heterocycles. The SMILES string of the molecule is O=S(=O)(c1ccc2c(c1)OCCO2)N1CCCCC1CCl. The standard InChI is InChI=1S/C14H18ClNO4S/c15-10-11-3-1-2-6-16(11)21(17,18)12-4-5-13-14(9-12)20-8-7-19-13/h4-5,9,11H,1-3,6-8,10H2.